The molecule has 0 saturated heterocycles. The Kier molecular flexibility index (Phi) is 3.46. The van der Waals surface area contributed by atoms with Gasteiger partial charge in [0.1, 0.15) is 17.3 Å². The predicted molar refractivity (Wildman–Crippen MR) is 70.0 cm³/mol. The molecule has 0 spiro atoms. The van der Waals surface area contributed by atoms with Gasteiger partial charge in [-0.1, -0.05) is 12.1 Å². The van der Waals surface area contributed by atoms with Gasteiger partial charge in [0.25, 0.3) is 0 Å². The fourth-order valence-electron chi connectivity index (χ4n) is 1.29. The lowest BCUT2D eigenvalue weighted by Crippen LogP contribution is -1.97. The topological polar surface area (TPSA) is 35.2 Å². The molecule has 0 fully saturated rings. The van der Waals surface area contributed by atoms with Crippen LogP contribution in [0.4, 0.5) is 14.5 Å². The van der Waals surface area contributed by atoms with Crippen molar-refractivity contribution in [2.24, 2.45) is 0 Å². The highest BCUT2D eigenvalue weighted by Crippen LogP contribution is 2.32. The average Bonchev–Trinajstić information content (AvgIpc) is 2.28. The molecule has 2 aromatic carbocycles. The number of nitrogen functional groups attached to an aromatic ring is 1. The molecule has 0 heterocycles. The minimum absolute atomic E-state index is 0.0217. The maximum Gasteiger partial charge on any atom is 0.156 e. The molecule has 0 radical (unpaired) electrons. The van der Waals surface area contributed by atoms with Crippen molar-refractivity contribution in [3.05, 3.63) is 51.6 Å². The quantitative estimate of drug-likeness (QED) is 0.660. The average molecular weight is 347 g/mol. The van der Waals surface area contributed by atoms with Crippen molar-refractivity contribution in [3.63, 3.8) is 0 Å². The van der Waals surface area contributed by atoms with Crippen LogP contribution in [0.15, 0.2) is 36.4 Å². The Morgan fingerprint density at radius 1 is 1.06 bits per heavy atom. The molecule has 0 bridgehead atoms. The highest BCUT2D eigenvalue weighted by atomic mass is 127. The van der Waals surface area contributed by atoms with Crippen LogP contribution in [-0.2, 0) is 0 Å². The van der Waals surface area contributed by atoms with Gasteiger partial charge in [0.15, 0.2) is 11.6 Å². The van der Waals surface area contributed by atoms with E-state index in [4.69, 9.17) is 10.5 Å². The van der Waals surface area contributed by atoms with Crippen LogP contribution in [0.1, 0.15) is 0 Å². The molecule has 2 aromatic rings. The predicted octanol–water partition coefficient (Wildman–Crippen LogP) is 3.94. The SMILES string of the molecule is Nc1c(F)cc(F)cc1Oc1ccccc1I. The zero-order valence-corrected chi connectivity index (χ0v) is 10.7. The molecule has 88 valence electrons. The summed E-state index contributed by atoms with van der Waals surface area (Å²) in [7, 11) is 0. The Bertz CT molecular complexity index is 560. The fraction of sp³-hybridized carbons (Fsp3) is 0. The molecule has 2 rings (SSSR count). The van der Waals surface area contributed by atoms with Crippen molar-refractivity contribution in [1.82, 2.24) is 0 Å². The van der Waals surface area contributed by atoms with E-state index in [1.54, 1.807) is 12.1 Å². The summed E-state index contributed by atoms with van der Waals surface area (Å²) in [5.41, 5.74) is 5.28. The number of ether oxygens (including phenoxy) is 1. The molecule has 0 amide bonds. The standard InChI is InChI=1S/C12H8F2INO/c13-7-5-8(14)12(16)11(6-7)17-10-4-2-1-3-9(10)15/h1-6H,16H2. The first-order chi connectivity index (χ1) is 8.08. The normalized spacial score (nSPS) is 10.3. The summed E-state index contributed by atoms with van der Waals surface area (Å²) in [4.78, 5) is 0. The number of benzene rings is 2. The largest absolute Gasteiger partial charge is 0.454 e. The van der Waals surface area contributed by atoms with Gasteiger partial charge in [0, 0.05) is 12.1 Å². The van der Waals surface area contributed by atoms with Crippen LogP contribution in [0.25, 0.3) is 0 Å². The Morgan fingerprint density at radius 3 is 2.47 bits per heavy atom. The summed E-state index contributed by atoms with van der Waals surface area (Å²) in [6, 6.07) is 8.90. The molecule has 0 aliphatic carbocycles. The van der Waals surface area contributed by atoms with Gasteiger partial charge in [0.05, 0.1) is 3.57 Å². The summed E-state index contributed by atoms with van der Waals surface area (Å²) in [6.07, 6.45) is 0. The van der Waals surface area contributed by atoms with E-state index in [2.05, 4.69) is 22.6 Å². The van der Waals surface area contributed by atoms with Crippen molar-refractivity contribution in [1.29, 1.82) is 0 Å². The molecule has 0 aliphatic rings. The minimum atomic E-state index is -0.828. The van der Waals surface area contributed by atoms with Gasteiger partial charge < -0.3 is 10.5 Å². The number of anilines is 1. The smallest absolute Gasteiger partial charge is 0.156 e. The zero-order chi connectivity index (χ0) is 12.4. The van der Waals surface area contributed by atoms with Gasteiger partial charge in [0.2, 0.25) is 0 Å². The van der Waals surface area contributed by atoms with Crippen LogP contribution in [0.2, 0.25) is 0 Å². The first-order valence-electron chi connectivity index (χ1n) is 4.75. The lowest BCUT2D eigenvalue weighted by atomic mass is 10.2. The summed E-state index contributed by atoms with van der Waals surface area (Å²) >= 11 is 2.06. The van der Waals surface area contributed by atoms with Crippen molar-refractivity contribution in [2.75, 3.05) is 5.73 Å². The van der Waals surface area contributed by atoms with E-state index >= 15 is 0 Å². The molecule has 0 atom stereocenters. The number of hydrogen-bond donors (Lipinski definition) is 1. The van der Waals surface area contributed by atoms with E-state index < -0.39 is 11.6 Å². The van der Waals surface area contributed by atoms with Gasteiger partial charge in [-0.2, -0.15) is 0 Å². The highest BCUT2D eigenvalue weighted by Gasteiger charge is 2.11. The zero-order valence-electron chi connectivity index (χ0n) is 8.58. The van der Waals surface area contributed by atoms with Crippen molar-refractivity contribution >= 4 is 28.3 Å². The third kappa shape index (κ3) is 2.66. The van der Waals surface area contributed by atoms with E-state index in [1.165, 1.54) is 0 Å². The third-order valence-electron chi connectivity index (χ3n) is 2.11. The first-order valence-corrected chi connectivity index (χ1v) is 5.82. The van der Waals surface area contributed by atoms with Gasteiger partial charge >= 0.3 is 0 Å². The summed E-state index contributed by atoms with van der Waals surface area (Å²) < 4.78 is 32.4. The monoisotopic (exact) mass is 347 g/mol. The Morgan fingerprint density at radius 2 is 1.76 bits per heavy atom. The highest BCUT2D eigenvalue weighted by molar-refractivity contribution is 14.1. The van der Waals surface area contributed by atoms with Crippen LogP contribution in [0, 0.1) is 15.2 Å². The summed E-state index contributed by atoms with van der Waals surface area (Å²) in [5.74, 6) is -1.07. The van der Waals surface area contributed by atoms with Crippen molar-refractivity contribution in [2.45, 2.75) is 0 Å². The number of para-hydroxylation sites is 1. The molecule has 0 unspecified atom stereocenters. The molecule has 2 nitrogen and oxygen atoms in total. The lowest BCUT2D eigenvalue weighted by Gasteiger charge is -2.10. The van der Waals surface area contributed by atoms with Crippen LogP contribution < -0.4 is 10.5 Å². The third-order valence-corrected chi connectivity index (χ3v) is 3.00. The second kappa shape index (κ2) is 4.87. The summed E-state index contributed by atoms with van der Waals surface area (Å²) in [6.45, 7) is 0. The first kappa shape index (κ1) is 12.1. The maximum absolute atomic E-state index is 13.2. The fourth-order valence-corrected chi connectivity index (χ4v) is 1.79. The molecule has 17 heavy (non-hydrogen) atoms. The van der Waals surface area contributed by atoms with E-state index in [0.29, 0.717) is 5.75 Å². The number of rotatable bonds is 2. The second-order valence-corrected chi connectivity index (χ2v) is 4.49. The van der Waals surface area contributed by atoms with E-state index in [9.17, 15) is 8.78 Å². The second-order valence-electron chi connectivity index (χ2n) is 3.33. The van der Waals surface area contributed by atoms with Gasteiger partial charge in [-0.3, -0.25) is 0 Å². The minimum Gasteiger partial charge on any atom is -0.454 e. The van der Waals surface area contributed by atoms with E-state index in [-0.39, 0.29) is 11.4 Å². The molecule has 0 aliphatic heterocycles. The van der Waals surface area contributed by atoms with Crippen LogP contribution in [0.5, 0.6) is 11.5 Å². The van der Waals surface area contributed by atoms with Crippen molar-refractivity contribution < 1.29 is 13.5 Å². The Hall–Kier alpha value is -1.37. The molecular weight excluding hydrogens is 339 g/mol. The molecular formula is C12H8F2INO. The lowest BCUT2D eigenvalue weighted by molar-refractivity contribution is 0.469. The van der Waals surface area contributed by atoms with Crippen LogP contribution in [0.3, 0.4) is 0 Å². The number of hydrogen-bond acceptors (Lipinski definition) is 2. The van der Waals surface area contributed by atoms with Gasteiger partial charge in [-0.15, -0.1) is 0 Å². The van der Waals surface area contributed by atoms with Gasteiger partial charge in [-0.05, 0) is 34.7 Å². The van der Waals surface area contributed by atoms with E-state index in [1.807, 2.05) is 12.1 Å². The maximum atomic E-state index is 13.2. The van der Waals surface area contributed by atoms with Gasteiger partial charge in [-0.25, -0.2) is 8.78 Å². The van der Waals surface area contributed by atoms with Crippen LogP contribution in [-0.4, -0.2) is 0 Å². The Balaban J connectivity index is 2.40. The molecule has 0 saturated carbocycles. The van der Waals surface area contributed by atoms with E-state index in [0.717, 1.165) is 15.7 Å². The molecule has 0 aromatic heterocycles. The molecule has 5 heteroatoms. The van der Waals surface area contributed by atoms with Crippen molar-refractivity contribution in [3.8, 4) is 11.5 Å². The number of halogens is 3. The molecule has 2 N–H and O–H groups in total. The summed E-state index contributed by atoms with van der Waals surface area (Å²) in [5, 5.41) is 0. The van der Waals surface area contributed by atoms with Crippen LogP contribution >= 0.6 is 22.6 Å². The number of nitrogens with two attached hydrogens (primary N) is 1. The Labute approximate surface area is 111 Å².